The van der Waals surface area contributed by atoms with Crippen molar-refractivity contribution in [2.75, 3.05) is 13.7 Å². The molecule has 0 unspecified atom stereocenters. The number of nitrogens with zero attached hydrogens (tertiary/aromatic N) is 3. The van der Waals surface area contributed by atoms with Crippen LogP contribution in [0.3, 0.4) is 0 Å². The summed E-state index contributed by atoms with van der Waals surface area (Å²) in [6.07, 6.45) is 4.60. The fraction of sp³-hybridized carbons (Fsp3) is 0.231. The van der Waals surface area contributed by atoms with Gasteiger partial charge in [0.05, 0.1) is 30.6 Å². The molecule has 0 atom stereocenters. The van der Waals surface area contributed by atoms with Gasteiger partial charge in [0.1, 0.15) is 5.82 Å². The number of imidazole rings is 1. The predicted molar refractivity (Wildman–Crippen MR) is 71.5 cm³/mol. The zero-order valence-electron chi connectivity index (χ0n) is 10.8. The van der Waals surface area contributed by atoms with E-state index in [-0.39, 0.29) is 11.4 Å². The molecule has 0 radical (unpaired) electrons. The van der Waals surface area contributed by atoms with Gasteiger partial charge in [0.15, 0.2) is 0 Å². The third-order valence-electron chi connectivity index (χ3n) is 3.13. The minimum atomic E-state index is -0.474. The van der Waals surface area contributed by atoms with Crippen molar-refractivity contribution in [2.45, 2.75) is 6.54 Å². The van der Waals surface area contributed by atoms with Crippen molar-refractivity contribution in [3.8, 4) is 5.69 Å². The molecule has 0 fully saturated rings. The first-order valence-electron chi connectivity index (χ1n) is 6.11. The summed E-state index contributed by atoms with van der Waals surface area (Å²) < 4.78 is 22.1. The van der Waals surface area contributed by atoms with Crippen molar-refractivity contribution in [3.63, 3.8) is 0 Å². The Bertz CT molecular complexity index is 802. The third-order valence-corrected chi connectivity index (χ3v) is 3.13. The highest BCUT2D eigenvalue weighted by molar-refractivity contribution is 5.81. The zero-order chi connectivity index (χ0) is 14.1. The summed E-state index contributed by atoms with van der Waals surface area (Å²) in [5.41, 5.74) is 0.497. The Labute approximate surface area is 113 Å². The highest BCUT2D eigenvalue weighted by atomic mass is 19.1. The van der Waals surface area contributed by atoms with Crippen molar-refractivity contribution < 1.29 is 9.13 Å². The van der Waals surface area contributed by atoms with E-state index in [1.54, 1.807) is 24.1 Å². The lowest BCUT2D eigenvalue weighted by Crippen LogP contribution is -2.15. The molecule has 0 bridgehead atoms. The molecular formula is C13H13FN4O2. The summed E-state index contributed by atoms with van der Waals surface area (Å²) in [7, 11) is 1.60. The monoisotopic (exact) mass is 276 g/mol. The van der Waals surface area contributed by atoms with Crippen LogP contribution in [0.15, 0.2) is 35.5 Å². The molecule has 7 heteroatoms. The van der Waals surface area contributed by atoms with Gasteiger partial charge in [-0.1, -0.05) is 0 Å². The molecule has 2 heterocycles. The van der Waals surface area contributed by atoms with Crippen molar-refractivity contribution in [1.82, 2.24) is 19.3 Å². The van der Waals surface area contributed by atoms with Crippen LogP contribution < -0.4 is 5.69 Å². The van der Waals surface area contributed by atoms with Gasteiger partial charge >= 0.3 is 5.69 Å². The first-order valence-corrected chi connectivity index (χ1v) is 6.11. The minimum absolute atomic E-state index is 0.204. The number of halogens is 1. The third kappa shape index (κ3) is 2.01. The number of aromatic amines is 1. The molecule has 0 spiro atoms. The Hall–Kier alpha value is -2.41. The van der Waals surface area contributed by atoms with Crippen LogP contribution in [0, 0.1) is 5.82 Å². The van der Waals surface area contributed by atoms with Crippen LogP contribution in [0.1, 0.15) is 0 Å². The smallest absolute Gasteiger partial charge is 0.330 e. The van der Waals surface area contributed by atoms with Gasteiger partial charge in [0.2, 0.25) is 0 Å². The number of benzene rings is 1. The highest BCUT2D eigenvalue weighted by Gasteiger charge is 2.11. The summed E-state index contributed by atoms with van der Waals surface area (Å²) in [4.78, 5) is 14.0. The molecule has 104 valence electrons. The van der Waals surface area contributed by atoms with Gasteiger partial charge in [-0.3, -0.25) is 9.25 Å². The Kier molecular flexibility index (Phi) is 3.11. The van der Waals surface area contributed by atoms with E-state index < -0.39 is 5.82 Å². The van der Waals surface area contributed by atoms with E-state index in [4.69, 9.17) is 4.74 Å². The number of H-pyrrole nitrogens is 1. The molecule has 6 nitrogen and oxygen atoms in total. The second-order valence-electron chi connectivity index (χ2n) is 4.36. The molecule has 0 saturated heterocycles. The first-order chi connectivity index (χ1) is 9.70. The van der Waals surface area contributed by atoms with E-state index in [0.29, 0.717) is 18.7 Å². The second-order valence-corrected chi connectivity index (χ2v) is 4.36. The number of ether oxygens (including phenoxy) is 1. The van der Waals surface area contributed by atoms with Crippen LogP contribution >= 0.6 is 0 Å². The van der Waals surface area contributed by atoms with E-state index in [1.807, 2.05) is 0 Å². The lowest BCUT2D eigenvalue weighted by atomic mass is 10.2. The van der Waals surface area contributed by atoms with Gasteiger partial charge in [-0.05, 0) is 6.07 Å². The molecule has 0 aliphatic rings. The number of fused-ring (bicyclic) bond motifs is 1. The number of hydrogen-bond acceptors (Lipinski definition) is 3. The molecule has 3 rings (SSSR count). The van der Waals surface area contributed by atoms with Gasteiger partial charge in [-0.2, -0.15) is 5.10 Å². The Morgan fingerprint density at radius 2 is 2.30 bits per heavy atom. The van der Waals surface area contributed by atoms with E-state index in [2.05, 4.69) is 10.1 Å². The maximum Gasteiger partial charge on any atom is 0.330 e. The molecule has 20 heavy (non-hydrogen) atoms. The first kappa shape index (κ1) is 12.6. The van der Waals surface area contributed by atoms with Crippen molar-refractivity contribution >= 4 is 10.9 Å². The van der Waals surface area contributed by atoms with Crippen LogP contribution in [0.2, 0.25) is 0 Å². The molecule has 3 aromatic rings. The minimum Gasteiger partial charge on any atom is -0.383 e. The number of rotatable bonds is 4. The Balaban J connectivity index is 2.12. The van der Waals surface area contributed by atoms with Crippen molar-refractivity contribution in [2.24, 2.45) is 0 Å². The Morgan fingerprint density at radius 3 is 3.00 bits per heavy atom. The van der Waals surface area contributed by atoms with Gasteiger partial charge in [-0.15, -0.1) is 0 Å². The Morgan fingerprint density at radius 1 is 1.45 bits per heavy atom. The summed E-state index contributed by atoms with van der Waals surface area (Å²) >= 11 is 0. The molecule has 1 N–H and O–H groups in total. The average molecular weight is 276 g/mol. The number of aromatic nitrogens is 4. The van der Waals surface area contributed by atoms with Crippen molar-refractivity contribution in [3.05, 3.63) is 47.0 Å². The normalized spacial score (nSPS) is 11.3. The van der Waals surface area contributed by atoms with E-state index in [0.717, 1.165) is 5.39 Å². The quantitative estimate of drug-likeness (QED) is 0.781. The number of nitrogens with one attached hydrogen (secondary N) is 1. The lowest BCUT2D eigenvalue weighted by molar-refractivity contribution is 0.185. The summed E-state index contributed by atoms with van der Waals surface area (Å²) in [6, 6.07) is 2.99. The van der Waals surface area contributed by atoms with E-state index >= 15 is 0 Å². The van der Waals surface area contributed by atoms with Gasteiger partial charge < -0.3 is 9.72 Å². The van der Waals surface area contributed by atoms with E-state index in [1.165, 1.54) is 23.0 Å². The molecule has 0 amide bonds. The predicted octanol–water partition coefficient (Wildman–Crippen LogP) is 1.30. The zero-order valence-corrected chi connectivity index (χ0v) is 10.8. The molecule has 1 aromatic carbocycles. The molecule has 0 aliphatic carbocycles. The molecular weight excluding hydrogens is 263 g/mol. The van der Waals surface area contributed by atoms with Crippen LogP contribution in [-0.4, -0.2) is 33.0 Å². The van der Waals surface area contributed by atoms with Crippen molar-refractivity contribution in [1.29, 1.82) is 0 Å². The van der Waals surface area contributed by atoms with Gasteiger partial charge in [0.25, 0.3) is 0 Å². The van der Waals surface area contributed by atoms with Gasteiger partial charge in [-0.25, -0.2) is 9.18 Å². The summed E-state index contributed by atoms with van der Waals surface area (Å²) in [5, 5.41) is 4.96. The standard InChI is InChI=1S/C13H13FN4O2/c1-20-5-4-18-11-7-10(14)12(6-9(11)8-16-18)17-3-2-15-13(17)19/h2-3,6-8H,4-5H2,1H3,(H,15,19). The average Bonchev–Trinajstić information content (AvgIpc) is 3.02. The SMILES string of the molecule is COCCn1ncc2cc(-n3cc[nH]c3=O)c(F)cc21. The summed E-state index contributed by atoms with van der Waals surface area (Å²) in [5.74, 6) is -0.474. The maximum absolute atomic E-state index is 14.2. The molecule has 2 aromatic heterocycles. The van der Waals surface area contributed by atoms with Crippen LogP contribution in [0.5, 0.6) is 0 Å². The molecule has 0 aliphatic heterocycles. The fourth-order valence-electron chi connectivity index (χ4n) is 2.14. The van der Waals surface area contributed by atoms with Gasteiger partial charge in [0, 0.05) is 31.0 Å². The van der Waals surface area contributed by atoms with Crippen LogP contribution in [-0.2, 0) is 11.3 Å². The van der Waals surface area contributed by atoms with Crippen LogP contribution in [0.25, 0.3) is 16.6 Å². The maximum atomic E-state index is 14.2. The number of methoxy groups -OCH3 is 1. The summed E-state index contributed by atoms with van der Waals surface area (Å²) in [6.45, 7) is 1.04. The fourth-order valence-corrected chi connectivity index (χ4v) is 2.14. The topological polar surface area (TPSA) is 64.8 Å². The van der Waals surface area contributed by atoms with E-state index in [9.17, 15) is 9.18 Å². The second kappa shape index (κ2) is 4.93. The lowest BCUT2D eigenvalue weighted by Gasteiger charge is -2.06. The number of hydrogen-bond donors (Lipinski definition) is 1. The largest absolute Gasteiger partial charge is 0.383 e. The highest BCUT2D eigenvalue weighted by Crippen LogP contribution is 2.21. The van der Waals surface area contributed by atoms with Crippen LogP contribution in [0.4, 0.5) is 4.39 Å². The molecule has 0 saturated carbocycles.